The number of hydrogen-bond acceptors (Lipinski definition) is 4. The van der Waals surface area contributed by atoms with Crippen LogP contribution in [-0.4, -0.2) is 31.5 Å². The Morgan fingerprint density at radius 3 is 2.95 bits per heavy atom. The second kappa shape index (κ2) is 6.37. The minimum Gasteiger partial charge on any atom is -0.387 e. The molecule has 1 aliphatic carbocycles. The first kappa shape index (κ1) is 16.1. The van der Waals surface area contributed by atoms with E-state index in [4.69, 9.17) is 11.6 Å². The van der Waals surface area contributed by atoms with Crippen LogP contribution in [0.4, 0.5) is 4.39 Å². The molecule has 3 atom stereocenters. The van der Waals surface area contributed by atoms with Crippen LogP contribution in [0.3, 0.4) is 0 Å². The molecule has 118 valence electrons. The van der Waals surface area contributed by atoms with Gasteiger partial charge in [0.1, 0.15) is 29.0 Å². The molecule has 3 rings (SSSR count). The van der Waals surface area contributed by atoms with Crippen molar-refractivity contribution in [1.82, 2.24) is 14.5 Å². The largest absolute Gasteiger partial charge is 0.387 e. The number of ketones is 1. The summed E-state index contributed by atoms with van der Waals surface area (Å²) >= 11 is 8.04. The van der Waals surface area contributed by atoms with Gasteiger partial charge in [-0.2, -0.15) is 0 Å². The van der Waals surface area contributed by atoms with Crippen LogP contribution in [0, 0.1) is 9.49 Å². The predicted octanol–water partition coefficient (Wildman–Crippen LogP) is 3.28. The Morgan fingerprint density at radius 1 is 1.45 bits per heavy atom. The van der Waals surface area contributed by atoms with Gasteiger partial charge < -0.3 is 5.11 Å². The first-order chi connectivity index (χ1) is 10.5. The number of hydrogen-bond donors (Lipinski definition) is 1. The Balaban J connectivity index is 1.96. The molecular weight excluding hydrogens is 424 g/mol. The Morgan fingerprint density at radius 2 is 2.23 bits per heavy atom. The fraction of sp³-hybridized carbons (Fsp3) is 0.500. The number of carbonyl (C=O) groups is 1. The zero-order chi connectivity index (χ0) is 15.9. The highest BCUT2D eigenvalue weighted by molar-refractivity contribution is 14.1. The van der Waals surface area contributed by atoms with Gasteiger partial charge in [-0.15, -0.1) is 0 Å². The topological polar surface area (TPSA) is 68.0 Å². The summed E-state index contributed by atoms with van der Waals surface area (Å²) in [5, 5.41) is 11.1. The summed E-state index contributed by atoms with van der Waals surface area (Å²) in [7, 11) is 0. The number of nitrogens with zero attached hydrogens (tertiary/aromatic N) is 3. The first-order valence-electron chi connectivity index (χ1n) is 7.02. The summed E-state index contributed by atoms with van der Waals surface area (Å²) in [6, 6.07) is 0. The minimum absolute atomic E-state index is 0.0692. The van der Waals surface area contributed by atoms with E-state index in [1.54, 1.807) is 0 Å². The van der Waals surface area contributed by atoms with Crippen LogP contribution in [0.15, 0.2) is 12.5 Å². The second-order valence-corrected chi connectivity index (χ2v) is 6.95. The Labute approximate surface area is 145 Å². The summed E-state index contributed by atoms with van der Waals surface area (Å²) in [4.78, 5) is 19.9. The maximum Gasteiger partial charge on any atom is 0.204 e. The fourth-order valence-electron chi connectivity index (χ4n) is 2.92. The fourth-order valence-corrected chi connectivity index (χ4v) is 4.11. The smallest absolute Gasteiger partial charge is 0.204 e. The second-order valence-electron chi connectivity index (χ2n) is 5.43. The van der Waals surface area contributed by atoms with Crippen LogP contribution < -0.4 is 0 Å². The molecule has 0 saturated heterocycles. The molecule has 22 heavy (non-hydrogen) atoms. The van der Waals surface area contributed by atoms with Crippen LogP contribution in [0.25, 0.3) is 11.0 Å². The monoisotopic (exact) mass is 437 g/mol. The van der Waals surface area contributed by atoms with E-state index < -0.39 is 18.3 Å². The average molecular weight is 438 g/mol. The van der Waals surface area contributed by atoms with Crippen molar-refractivity contribution in [2.24, 2.45) is 5.92 Å². The zero-order valence-corrected chi connectivity index (χ0v) is 14.5. The van der Waals surface area contributed by atoms with Crippen LogP contribution in [-0.2, 0) is 4.79 Å². The van der Waals surface area contributed by atoms with Gasteiger partial charge in [-0.3, -0.25) is 9.36 Å². The summed E-state index contributed by atoms with van der Waals surface area (Å²) in [5.41, 5.74) is 0.319. The highest BCUT2D eigenvalue weighted by Gasteiger charge is 2.36. The average Bonchev–Trinajstić information content (AvgIpc) is 2.85. The zero-order valence-electron chi connectivity index (χ0n) is 11.5. The normalized spacial score (nSPS) is 22.0. The molecule has 2 aromatic rings. The van der Waals surface area contributed by atoms with Crippen molar-refractivity contribution in [2.75, 3.05) is 0 Å². The van der Waals surface area contributed by atoms with Gasteiger partial charge in [0.05, 0.1) is 5.39 Å². The minimum atomic E-state index is -1.75. The Kier molecular flexibility index (Phi) is 4.65. The number of Topliss-reactive ketones (excluding diaryl/α,β-unsaturated/α-hetero) is 1. The number of fused-ring (bicyclic) bond motifs is 1. The van der Waals surface area contributed by atoms with E-state index in [0.29, 0.717) is 27.4 Å². The lowest BCUT2D eigenvalue weighted by Gasteiger charge is -2.28. The van der Waals surface area contributed by atoms with Gasteiger partial charge in [0, 0.05) is 22.1 Å². The number of alkyl halides is 1. The molecule has 8 heteroatoms. The van der Waals surface area contributed by atoms with Crippen molar-refractivity contribution in [3.8, 4) is 0 Å². The molecule has 0 radical (unpaired) electrons. The molecule has 1 fully saturated rings. The van der Waals surface area contributed by atoms with Crippen molar-refractivity contribution in [2.45, 2.75) is 38.1 Å². The van der Waals surface area contributed by atoms with Crippen molar-refractivity contribution in [3.63, 3.8) is 0 Å². The maximum absolute atomic E-state index is 14.8. The first-order valence-corrected chi connectivity index (χ1v) is 8.47. The molecule has 1 saturated carbocycles. The van der Waals surface area contributed by atoms with Gasteiger partial charge in [-0.25, -0.2) is 14.4 Å². The van der Waals surface area contributed by atoms with E-state index in [2.05, 4.69) is 9.97 Å². The molecule has 5 nitrogen and oxygen atoms in total. The molecule has 0 aromatic carbocycles. The molecule has 0 amide bonds. The van der Waals surface area contributed by atoms with Crippen molar-refractivity contribution >= 4 is 51.0 Å². The van der Waals surface area contributed by atoms with Gasteiger partial charge in [0.15, 0.2) is 0 Å². The quantitative estimate of drug-likeness (QED) is 0.591. The van der Waals surface area contributed by atoms with E-state index in [-0.39, 0.29) is 10.9 Å². The van der Waals surface area contributed by atoms with Gasteiger partial charge in [0.25, 0.3) is 0 Å². The van der Waals surface area contributed by atoms with Gasteiger partial charge in [-0.1, -0.05) is 18.0 Å². The van der Waals surface area contributed by atoms with Crippen LogP contribution in [0.5, 0.6) is 0 Å². The Hall–Kier alpha value is -0.800. The molecule has 2 heterocycles. The van der Waals surface area contributed by atoms with Gasteiger partial charge in [-0.05, 0) is 35.4 Å². The maximum atomic E-state index is 14.8. The van der Waals surface area contributed by atoms with E-state index in [9.17, 15) is 14.3 Å². The van der Waals surface area contributed by atoms with E-state index in [1.165, 1.54) is 17.1 Å². The number of aliphatic hydroxyl groups is 1. The molecule has 1 aliphatic rings. The summed E-state index contributed by atoms with van der Waals surface area (Å²) in [6.45, 7) is 0. The molecule has 1 N–H and O–H groups in total. The lowest BCUT2D eigenvalue weighted by Crippen LogP contribution is -2.35. The number of rotatable bonds is 3. The van der Waals surface area contributed by atoms with E-state index in [1.807, 2.05) is 22.6 Å². The molecule has 2 aromatic heterocycles. The van der Waals surface area contributed by atoms with Crippen LogP contribution in [0.1, 0.15) is 32.0 Å². The number of carbonyl (C=O) groups excluding carboxylic acids is 1. The lowest BCUT2D eigenvalue weighted by molar-refractivity contribution is -0.132. The summed E-state index contributed by atoms with van der Waals surface area (Å²) in [6.07, 6.45) is 2.23. The number of aromatic nitrogens is 3. The van der Waals surface area contributed by atoms with Crippen LogP contribution in [0.2, 0.25) is 5.15 Å². The van der Waals surface area contributed by atoms with Crippen molar-refractivity contribution < 1.29 is 14.3 Å². The van der Waals surface area contributed by atoms with Crippen molar-refractivity contribution in [1.29, 1.82) is 0 Å². The summed E-state index contributed by atoms with van der Waals surface area (Å²) < 4.78 is 16.7. The van der Waals surface area contributed by atoms with Gasteiger partial charge >= 0.3 is 0 Å². The molecule has 1 unspecified atom stereocenters. The van der Waals surface area contributed by atoms with E-state index >= 15 is 0 Å². The van der Waals surface area contributed by atoms with Gasteiger partial charge in [0.2, 0.25) is 6.30 Å². The highest BCUT2D eigenvalue weighted by atomic mass is 127. The third-order valence-corrected chi connectivity index (χ3v) is 5.18. The Bertz CT molecular complexity index is 723. The van der Waals surface area contributed by atoms with Crippen LogP contribution >= 0.6 is 34.2 Å². The lowest BCUT2D eigenvalue weighted by atomic mass is 9.83. The molecule has 0 bridgehead atoms. The molecule has 0 aliphatic heterocycles. The molecule has 0 spiro atoms. The standard InChI is InChI=1S/C14H14ClFIN3O2/c15-12-10-8(17)5-20(14(10)19-6-18-12)13(16)11(22)7-3-1-2-4-9(7)21/h5-7,11,13,22H,1-4H2/t7?,11-,13+/m1/s1. The highest BCUT2D eigenvalue weighted by Crippen LogP contribution is 2.34. The third-order valence-electron chi connectivity index (χ3n) is 4.08. The summed E-state index contributed by atoms with van der Waals surface area (Å²) in [5.74, 6) is -0.726. The third kappa shape index (κ3) is 2.74. The molecular formula is C14H14ClFIN3O2. The number of halogens is 3. The SMILES string of the molecule is O=C1CCCCC1[C@@H](O)[C@@H](F)n1cc(I)c2c(Cl)ncnc21. The predicted molar refractivity (Wildman–Crippen MR) is 88.4 cm³/mol. The van der Waals surface area contributed by atoms with E-state index in [0.717, 1.165) is 12.8 Å². The number of aliphatic hydroxyl groups excluding tert-OH is 1. The van der Waals surface area contributed by atoms with Crippen molar-refractivity contribution in [3.05, 3.63) is 21.2 Å².